The zero-order valence-corrected chi connectivity index (χ0v) is 18.1. The number of nitrogens with one attached hydrogen (secondary N) is 2. The van der Waals surface area contributed by atoms with Crippen LogP contribution in [-0.2, 0) is 13.0 Å². The average Bonchev–Trinajstić information content (AvgIpc) is 2.56. The predicted octanol–water partition coefficient (Wildman–Crippen LogP) is 4.41. The fraction of sp³-hybridized carbons (Fsp3) is 0.294. The Balaban J connectivity index is 0.00000288. The Labute approximate surface area is 173 Å². The maximum atomic E-state index is 6.04. The third kappa shape index (κ3) is 7.36. The van der Waals surface area contributed by atoms with Crippen molar-refractivity contribution in [2.45, 2.75) is 19.9 Å². The number of aliphatic imine (C=N–C) groups is 1. The molecule has 0 saturated carbocycles. The molecule has 0 amide bonds. The van der Waals surface area contributed by atoms with Crippen molar-refractivity contribution in [3.8, 4) is 0 Å². The second-order valence-electron chi connectivity index (χ2n) is 4.93. The van der Waals surface area contributed by atoms with Crippen molar-refractivity contribution in [2.24, 2.45) is 4.99 Å². The maximum absolute atomic E-state index is 6.04. The van der Waals surface area contributed by atoms with E-state index < -0.39 is 0 Å². The summed E-state index contributed by atoms with van der Waals surface area (Å²) in [6.07, 6.45) is 2.64. The Kier molecular flexibility index (Phi) is 10.3. The fourth-order valence-electron chi connectivity index (χ4n) is 2.04. The number of hydrogen-bond acceptors (Lipinski definition) is 2. The third-order valence-electron chi connectivity index (χ3n) is 3.16. The molecular weight excluding hydrogens is 502 g/mol. The zero-order valence-electron chi connectivity index (χ0n) is 13.4. The number of guanidine groups is 1. The minimum absolute atomic E-state index is 0. The quantitative estimate of drug-likeness (QED) is 0.335. The van der Waals surface area contributed by atoms with E-state index in [9.17, 15) is 0 Å². The molecule has 0 spiro atoms. The molecule has 0 aliphatic carbocycles. The Morgan fingerprint density at radius 3 is 2.79 bits per heavy atom. The van der Waals surface area contributed by atoms with Gasteiger partial charge in [-0.05, 0) is 49.2 Å². The lowest BCUT2D eigenvalue weighted by Crippen LogP contribution is -2.38. The largest absolute Gasteiger partial charge is 0.357 e. The number of aromatic nitrogens is 1. The molecule has 0 atom stereocenters. The van der Waals surface area contributed by atoms with E-state index in [1.54, 1.807) is 6.20 Å². The van der Waals surface area contributed by atoms with E-state index in [0.29, 0.717) is 6.54 Å². The van der Waals surface area contributed by atoms with E-state index in [-0.39, 0.29) is 24.0 Å². The highest BCUT2D eigenvalue weighted by Crippen LogP contribution is 2.21. The summed E-state index contributed by atoms with van der Waals surface area (Å²) in [5, 5.41) is 7.32. The van der Waals surface area contributed by atoms with Gasteiger partial charge in [-0.25, -0.2) is 4.99 Å². The van der Waals surface area contributed by atoms with E-state index in [0.717, 1.165) is 40.7 Å². The van der Waals surface area contributed by atoms with Crippen molar-refractivity contribution in [1.29, 1.82) is 0 Å². The first-order chi connectivity index (χ1) is 11.2. The standard InChI is InChI=1S/C17H20BrClN4.HI/c1-2-20-17(23-12-15-5-3-4-9-21-15)22-10-8-13-11-14(19)6-7-16(13)18;/h3-7,9,11H,2,8,10,12H2,1H3,(H2,20,22,23);1H. The van der Waals surface area contributed by atoms with Crippen LogP contribution in [0.15, 0.2) is 52.1 Å². The molecule has 0 bridgehead atoms. The second kappa shape index (κ2) is 11.7. The molecule has 0 saturated heterocycles. The van der Waals surface area contributed by atoms with E-state index in [4.69, 9.17) is 11.6 Å². The first kappa shape index (κ1) is 21.2. The summed E-state index contributed by atoms with van der Waals surface area (Å²) in [4.78, 5) is 8.83. The molecule has 2 N–H and O–H groups in total. The van der Waals surface area contributed by atoms with Crippen molar-refractivity contribution in [3.05, 3.63) is 63.3 Å². The molecule has 0 aliphatic heterocycles. The number of halogens is 3. The number of hydrogen-bond donors (Lipinski definition) is 2. The van der Waals surface area contributed by atoms with Crippen LogP contribution in [0, 0.1) is 0 Å². The molecular formula is C17H21BrClIN4. The zero-order chi connectivity index (χ0) is 16.5. The summed E-state index contributed by atoms with van der Waals surface area (Å²) in [6, 6.07) is 11.7. The topological polar surface area (TPSA) is 49.3 Å². The lowest BCUT2D eigenvalue weighted by molar-refractivity contribution is 0.795. The fourth-order valence-corrected chi connectivity index (χ4v) is 2.68. The lowest BCUT2D eigenvalue weighted by atomic mass is 10.1. The van der Waals surface area contributed by atoms with Crippen LogP contribution in [0.5, 0.6) is 0 Å². The van der Waals surface area contributed by atoms with Crippen LogP contribution in [0.25, 0.3) is 0 Å². The Bertz CT molecular complexity index is 652. The second-order valence-corrected chi connectivity index (χ2v) is 6.22. The van der Waals surface area contributed by atoms with Gasteiger partial charge in [0, 0.05) is 28.8 Å². The Hall–Kier alpha value is -0.860. The van der Waals surface area contributed by atoms with Gasteiger partial charge in [0.15, 0.2) is 5.96 Å². The summed E-state index contributed by atoms with van der Waals surface area (Å²) in [5.74, 6) is 0.788. The molecule has 1 aromatic carbocycles. The van der Waals surface area contributed by atoms with E-state index >= 15 is 0 Å². The molecule has 2 rings (SSSR count). The molecule has 7 heteroatoms. The SMILES string of the molecule is CCNC(=NCc1ccccn1)NCCc1cc(Cl)ccc1Br.I. The normalized spacial score (nSPS) is 10.9. The molecule has 0 unspecified atom stereocenters. The number of benzene rings is 1. The molecule has 0 fully saturated rings. The summed E-state index contributed by atoms with van der Waals surface area (Å²) >= 11 is 9.59. The third-order valence-corrected chi connectivity index (χ3v) is 4.17. The van der Waals surface area contributed by atoms with Crippen LogP contribution in [0.1, 0.15) is 18.2 Å². The summed E-state index contributed by atoms with van der Waals surface area (Å²) in [7, 11) is 0. The van der Waals surface area contributed by atoms with Gasteiger partial charge in [-0.3, -0.25) is 4.98 Å². The van der Waals surface area contributed by atoms with Crippen molar-refractivity contribution in [1.82, 2.24) is 15.6 Å². The van der Waals surface area contributed by atoms with Crippen molar-refractivity contribution in [2.75, 3.05) is 13.1 Å². The van der Waals surface area contributed by atoms with Gasteiger partial charge in [-0.2, -0.15) is 0 Å². The van der Waals surface area contributed by atoms with E-state index in [2.05, 4.69) is 36.5 Å². The van der Waals surface area contributed by atoms with Crippen LogP contribution in [-0.4, -0.2) is 24.0 Å². The first-order valence-corrected chi connectivity index (χ1v) is 8.72. The van der Waals surface area contributed by atoms with Gasteiger partial charge in [0.1, 0.15) is 0 Å². The van der Waals surface area contributed by atoms with Crippen LogP contribution >= 0.6 is 51.5 Å². The maximum Gasteiger partial charge on any atom is 0.191 e. The van der Waals surface area contributed by atoms with Gasteiger partial charge in [0.2, 0.25) is 0 Å². The van der Waals surface area contributed by atoms with E-state index in [1.165, 1.54) is 5.56 Å². The minimum atomic E-state index is 0. The highest BCUT2D eigenvalue weighted by molar-refractivity contribution is 14.0. The van der Waals surface area contributed by atoms with Gasteiger partial charge in [0.05, 0.1) is 12.2 Å². The monoisotopic (exact) mass is 522 g/mol. The highest BCUT2D eigenvalue weighted by atomic mass is 127. The average molecular weight is 524 g/mol. The Morgan fingerprint density at radius 2 is 2.08 bits per heavy atom. The van der Waals surface area contributed by atoms with Crippen molar-refractivity contribution < 1.29 is 0 Å². The van der Waals surface area contributed by atoms with Gasteiger partial charge >= 0.3 is 0 Å². The van der Waals surface area contributed by atoms with Crippen LogP contribution in [0.4, 0.5) is 0 Å². The Morgan fingerprint density at radius 1 is 1.25 bits per heavy atom. The first-order valence-electron chi connectivity index (χ1n) is 7.55. The smallest absolute Gasteiger partial charge is 0.191 e. The van der Waals surface area contributed by atoms with Gasteiger partial charge in [0.25, 0.3) is 0 Å². The highest BCUT2D eigenvalue weighted by Gasteiger charge is 2.02. The van der Waals surface area contributed by atoms with Gasteiger partial charge in [-0.15, -0.1) is 24.0 Å². The molecule has 2 aromatic rings. The van der Waals surface area contributed by atoms with Crippen LogP contribution < -0.4 is 10.6 Å². The summed E-state index contributed by atoms with van der Waals surface area (Å²) in [5.41, 5.74) is 2.12. The molecule has 4 nitrogen and oxygen atoms in total. The molecule has 1 heterocycles. The van der Waals surface area contributed by atoms with Crippen LogP contribution in [0.3, 0.4) is 0 Å². The minimum Gasteiger partial charge on any atom is -0.357 e. The summed E-state index contributed by atoms with van der Waals surface area (Å²) in [6.45, 7) is 4.18. The summed E-state index contributed by atoms with van der Waals surface area (Å²) < 4.78 is 1.07. The van der Waals surface area contributed by atoms with Gasteiger partial charge in [-0.1, -0.05) is 33.6 Å². The predicted molar refractivity (Wildman–Crippen MR) is 115 cm³/mol. The number of nitrogens with zero attached hydrogens (tertiary/aromatic N) is 2. The molecule has 0 radical (unpaired) electrons. The lowest BCUT2D eigenvalue weighted by Gasteiger charge is -2.12. The molecule has 1 aromatic heterocycles. The molecule has 130 valence electrons. The van der Waals surface area contributed by atoms with E-state index in [1.807, 2.05) is 43.3 Å². The van der Waals surface area contributed by atoms with Crippen molar-refractivity contribution in [3.63, 3.8) is 0 Å². The molecule has 24 heavy (non-hydrogen) atoms. The number of rotatable bonds is 6. The van der Waals surface area contributed by atoms with Crippen molar-refractivity contribution >= 4 is 57.5 Å². The molecule has 0 aliphatic rings. The van der Waals surface area contributed by atoms with Crippen LogP contribution in [0.2, 0.25) is 5.02 Å². The number of pyridine rings is 1. The van der Waals surface area contributed by atoms with Gasteiger partial charge < -0.3 is 10.6 Å².